The number of rotatable bonds is 7. The Kier molecular flexibility index (Phi) is 7.04. The summed E-state index contributed by atoms with van der Waals surface area (Å²) in [6.07, 6.45) is 1.77. The highest BCUT2D eigenvalue weighted by Crippen LogP contribution is 2.37. The summed E-state index contributed by atoms with van der Waals surface area (Å²) in [7, 11) is 2.13. The lowest BCUT2D eigenvalue weighted by molar-refractivity contribution is -0.135. The number of fused-ring (bicyclic) bond motifs is 1. The van der Waals surface area contributed by atoms with Crippen LogP contribution in [0.4, 0.5) is 5.69 Å². The molecule has 10 nitrogen and oxygen atoms in total. The number of carbonyl (C=O) groups is 3. The molecule has 1 aromatic carbocycles. The van der Waals surface area contributed by atoms with E-state index >= 15 is 0 Å². The third kappa shape index (κ3) is 5.33. The van der Waals surface area contributed by atoms with Gasteiger partial charge in [-0.05, 0) is 44.0 Å². The average Bonchev–Trinajstić information content (AvgIpc) is 3.15. The third-order valence-corrected chi connectivity index (χ3v) is 8.06. The average molecular weight is 522 g/mol. The maximum absolute atomic E-state index is 12.8. The minimum Gasteiger partial charge on any atom is -0.378 e. The molecule has 0 unspecified atom stereocenters. The molecule has 204 valence electrons. The van der Waals surface area contributed by atoms with Gasteiger partial charge in [0.1, 0.15) is 0 Å². The maximum atomic E-state index is 12.8. The number of carbonyl (C=O) groups excluding carboxylic acids is 3. The Morgan fingerprint density at radius 2 is 1.84 bits per heavy atom. The van der Waals surface area contributed by atoms with Gasteiger partial charge in [-0.15, -0.1) is 0 Å². The van der Waals surface area contributed by atoms with E-state index in [4.69, 9.17) is 10.8 Å². The number of primary amides is 1. The standard InChI is InChI=1S/C28H39N7O3/c1-18-26-23(14-28(2,3)15-24(26)36)35(31-18)20-5-6-21(27(29)38)22(13-20)30-19-16-34(17-19)25(37)7-8-33-11-9-32(4)10-12-33/h5-6,13,19,30H,7-12,14-17H2,1-4H3,(H2,29,38). The van der Waals surface area contributed by atoms with Crippen LogP contribution in [0.25, 0.3) is 5.69 Å². The van der Waals surface area contributed by atoms with Crippen molar-refractivity contribution in [2.75, 3.05) is 58.2 Å². The van der Waals surface area contributed by atoms with Crippen LogP contribution in [0.1, 0.15) is 58.8 Å². The van der Waals surface area contributed by atoms with E-state index in [9.17, 15) is 14.4 Å². The Morgan fingerprint density at radius 1 is 1.13 bits per heavy atom. The molecule has 1 aromatic heterocycles. The van der Waals surface area contributed by atoms with Crippen LogP contribution in [0.3, 0.4) is 0 Å². The van der Waals surface area contributed by atoms with E-state index in [2.05, 4.69) is 36.0 Å². The van der Waals surface area contributed by atoms with E-state index in [1.807, 2.05) is 28.6 Å². The number of Topliss-reactive ketones (excluding diaryl/α,β-unsaturated/α-hetero) is 1. The predicted octanol–water partition coefficient (Wildman–Crippen LogP) is 1.69. The van der Waals surface area contributed by atoms with Gasteiger partial charge in [-0.2, -0.15) is 5.10 Å². The third-order valence-electron chi connectivity index (χ3n) is 8.06. The van der Waals surface area contributed by atoms with Crippen LogP contribution in [0.15, 0.2) is 18.2 Å². The Morgan fingerprint density at radius 3 is 2.53 bits per heavy atom. The molecule has 0 saturated carbocycles. The fourth-order valence-corrected chi connectivity index (χ4v) is 5.83. The first-order chi connectivity index (χ1) is 18.0. The molecule has 2 aliphatic heterocycles. The highest BCUT2D eigenvalue weighted by molar-refractivity contribution is 6.00. The summed E-state index contributed by atoms with van der Waals surface area (Å²) in [6, 6.07) is 5.43. The minimum atomic E-state index is -0.520. The fourth-order valence-electron chi connectivity index (χ4n) is 5.83. The van der Waals surface area contributed by atoms with Crippen LogP contribution in [0.2, 0.25) is 0 Å². The second kappa shape index (κ2) is 10.1. The van der Waals surface area contributed by atoms with Gasteiger partial charge in [0.15, 0.2) is 5.78 Å². The molecule has 38 heavy (non-hydrogen) atoms. The monoisotopic (exact) mass is 521 g/mol. The number of likely N-dealkylation sites (N-methyl/N-ethyl adjacent to an activating group) is 1. The molecule has 0 bridgehead atoms. The van der Waals surface area contributed by atoms with Gasteiger partial charge in [-0.3, -0.25) is 14.4 Å². The zero-order valence-corrected chi connectivity index (χ0v) is 22.9. The molecule has 0 radical (unpaired) electrons. The van der Waals surface area contributed by atoms with Gasteiger partial charge in [-0.1, -0.05) is 13.8 Å². The normalized spacial score (nSPS) is 20.2. The van der Waals surface area contributed by atoms with Gasteiger partial charge >= 0.3 is 0 Å². The van der Waals surface area contributed by atoms with E-state index < -0.39 is 5.91 Å². The van der Waals surface area contributed by atoms with Crippen molar-refractivity contribution in [3.05, 3.63) is 40.7 Å². The SMILES string of the molecule is Cc1nn(-c2ccc(C(N)=O)c(NC3CN(C(=O)CCN4CCN(C)CC4)C3)c2)c2c1C(=O)CC(C)(C)C2. The molecule has 1 aliphatic carbocycles. The lowest BCUT2D eigenvalue weighted by Crippen LogP contribution is -2.57. The highest BCUT2D eigenvalue weighted by Gasteiger charge is 2.36. The fraction of sp³-hybridized carbons (Fsp3) is 0.571. The number of nitrogens with two attached hydrogens (primary N) is 1. The summed E-state index contributed by atoms with van der Waals surface area (Å²) >= 11 is 0. The van der Waals surface area contributed by atoms with Crippen LogP contribution in [-0.2, 0) is 11.2 Å². The summed E-state index contributed by atoms with van der Waals surface area (Å²) in [5.74, 6) is -0.232. The molecule has 3 aliphatic rings. The molecule has 3 N–H and O–H groups in total. The lowest BCUT2D eigenvalue weighted by Gasteiger charge is -2.41. The largest absolute Gasteiger partial charge is 0.378 e. The van der Waals surface area contributed by atoms with Gasteiger partial charge in [0, 0.05) is 64.3 Å². The first-order valence-corrected chi connectivity index (χ1v) is 13.5. The van der Waals surface area contributed by atoms with E-state index in [0.717, 1.165) is 56.2 Å². The molecule has 0 spiro atoms. The summed E-state index contributed by atoms with van der Waals surface area (Å²) in [5, 5.41) is 8.12. The second-order valence-electron chi connectivity index (χ2n) is 11.9. The van der Waals surface area contributed by atoms with Crippen LogP contribution >= 0.6 is 0 Å². The Hall–Kier alpha value is -3.24. The molecule has 5 rings (SSSR count). The first-order valence-electron chi connectivity index (χ1n) is 13.5. The zero-order valence-electron chi connectivity index (χ0n) is 22.9. The smallest absolute Gasteiger partial charge is 0.250 e. The van der Waals surface area contributed by atoms with Crippen molar-refractivity contribution in [2.45, 2.75) is 46.1 Å². The maximum Gasteiger partial charge on any atom is 0.250 e. The summed E-state index contributed by atoms with van der Waals surface area (Å²) in [6.45, 7) is 12.1. The van der Waals surface area contributed by atoms with Gasteiger partial charge in [0.05, 0.1) is 34.2 Å². The summed E-state index contributed by atoms with van der Waals surface area (Å²) < 4.78 is 1.83. The summed E-state index contributed by atoms with van der Waals surface area (Å²) in [5.41, 5.74) is 9.66. The number of nitrogens with one attached hydrogen (secondary N) is 1. The second-order valence-corrected chi connectivity index (χ2v) is 11.9. The number of nitrogens with zero attached hydrogens (tertiary/aromatic N) is 5. The number of aromatic nitrogens is 2. The zero-order chi connectivity index (χ0) is 27.2. The number of piperazine rings is 1. The summed E-state index contributed by atoms with van der Waals surface area (Å²) in [4.78, 5) is 44.3. The molecular weight excluding hydrogens is 482 g/mol. The Bertz CT molecular complexity index is 1250. The van der Waals surface area contributed by atoms with Crippen molar-refractivity contribution in [3.63, 3.8) is 0 Å². The van der Waals surface area contributed by atoms with Crippen LogP contribution in [-0.4, -0.2) is 101 Å². The van der Waals surface area contributed by atoms with E-state index in [1.165, 1.54) is 0 Å². The predicted molar refractivity (Wildman–Crippen MR) is 146 cm³/mol. The minimum absolute atomic E-state index is 0.0321. The molecule has 2 fully saturated rings. The van der Waals surface area contributed by atoms with Gasteiger partial charge in [0.2, 0.25) is 5.91 Å². The van der Waals surface area contributed by atoms with E-state index in [1.54, 1.807) is 6.07 Å². The molecule has 2 aromatic rings. The topological polar surface area (TPSA) is 117 Å². The lowest BCUT2D eigenvalue weighted by atomic mass is 9.75. The number of hydrogen-bond donors (Lipinski definition) is 2. The van der Waals surface area contributed by atoms with E-state index in [0.29, 0.717) is 42.7 Å². The van der Waals surface area contributed by atoms with Gasteiger partial charge in [-0.25, -0.2) is 4.68 Å². The first kappa shape index (κ1) is 26.4. The molecule has 0 atom stereocenters. The van der Waals surface area contributed by atoms with Crippen molar-refractivity contribution in [1.29, 1.82) is 0 Å². The number of ketones is 1. The Balaban J connectivity index is 1.27. The van der Waals surface area contributed by atoms with E-state index in [-0.39, 0.29) is 23.1 Å². The van der Waals surface area contributed by atoms with Crippen LogP contribution < -0.4 is 11.1 Å². The van der Waals surface area contributed by atoms with Crippen molar-refractivity contribution >= 4 is 23.3 Å². The quantitative estimate of drug-likeness (QED) is 0.570. The molecule has 2 amide bonds. The number of likely N-dealkylation sites (tertiary alicyclic amines) is 1. The van der Waals surface area contributed by atoms with Crippen molar-refractivity contribution < 1.29 is 14.4 Å². The molecular formula is C28H39N7O3. The van der Waals surface area contributed by atoms with Gasteiger partial charge < -0.3 is 25.8 Å². The number of amides is 2. The van der Waals surface area contributed by atoms with Crippen LogP contribution in [0, 0.1) is 12.3 Å². The van der Waals surface area contributed by atoms with Crippen LogP contribution in [0.5, 0.6) is 0 Å². The number of hydrogen-bond acceptors (Lipinski definition) is 7. The molecule has 10 heteroatoms. The Labute approximate surface area is 224 Å². The van der Waals surface area contributed by atoms with Crippen molar-refractivity contribution in [1.82, 2.24) is 24.5 Å². The molecule has 2 saturated heterocycles. The van der Waals surface area contributed by atoms with Gasteiger partial charge in [0.25, 0.3) is 5.91 Å². The molecule has 3 heterocycles. The van der Waals surface area contributed by atoms with Crippen molar-refractivity contribution in [3.8, 4) is 5.69 Å². The number of aryl methyl sites for hydroxylation is 1. The number of benzene rings is 1. The van der Waals surface area contributed by atoms with Crippen molar-refractivity contribution in [2.24, 2.45) is 11.1 Å². The highest BCUT2D eigenvalue weighted by atomic mass is 16.2. The number of anilines is 1.